The first-order valence-electron chi connectivity index (χ1n) is 11.6. The molecule has 0 atom stereocenters. The predicted molar refractivity (Wildman–Crippen MR) is 131 cm³/mol. The van der Waals surface area contributed by atoms with Gasteiger partial charge in [0.2, 0.25) is 5.75 Å². The molecule has 0 saturated carbocycles. The lowest BCUT2D eigenvalue weighted by atomic mass is 9.97. The average molecular weight is 462 g/mol. The zero-order valence-electron chi connectivity index (χ0n) is 19.7. The quantitative estimate of drug-likeness (QED) is 0.438. The van der Waals surface area contributed by atoms with Crippen LogP contribution < -0.4 is 18.9 Å². The first-order chi connectivity index (χ1) is 16.7. The highest BCUT2D eigenvalue weighted by Gasteiger charge is 2.26. The maximum Gasteiger partial charge on any atom is 0.254 e. The first kappa shape index (κ1) is 23.5. The molecule has 1 fully saturated rings. The molecule has 0 aromatic heterocycles. The lowest BCUT2D eigenvalue weighted by molar-refractivity contribution is 0.0660. The standard InChI is InChI=1S/C28H31NO5/c1-31-25-17-23(18-26(32-2)27(25)34-20-21-9-5-3-6-10-21)28(30)29-15-13-22(14-16-29)19-33-24-11-7-4-8-12-24/h3-12,17-18,22H,13-16,19-20H2,1-2H3. The smallest absolute Gasteiger partial charge is 0.254 e. The normalized spacial score (nSPS) is 13.9. The molecule has 34 heavy (non-hydrogen) atoms. The number of benzene rings is 3. The molecule has 1 saturated heterocycles. The Hall–Kier alpha value is -3.67. The molecule has 1 aliphatic rings. The monoisotopic (exact) mass is 461 g/mol. The summed E-state index contributed by atoms with van der Waals surface area (Å²) in [5.74, 6) is 2.72. The van der Waals surface area contributed by atoms with Crippen molar-refractivity contribution < 1.29 is 23.7 Å². The number of carbonyl (C=O) groups is 1. The van der Waals surface area contributed by atoms with Crippen LogP contribution in [0.1, 0.15) is 28.8 Å². The van der Waals surface area contributed by atoms with E-state index in [1.807, 2.05) is 65.6 Å². The molecule has 6 nitrogen and oxygen atoms in total. The van der Waals surface area contributed by atoms with Crippen molar-refractivity contribution in [2.75, 3.05) is 33.9 Å². The number of hydrogen-bond acceptors (Lipinski definition) is 5. The molecule has 0 unspecified atom stereocenters. The first-order valence-corrected chi connectivity index (χ1v) is 11.6. The second kappa shape index (κ2) is 11.5. The summed E-state index contributed by atoms with van der Waals surface area (Å²) in [4.78, 5) is 15.1. The molecule has 0 radical (unpaired) electrons. The van der Waals surface area contributed by atoms with Crippen LogP contribution in [0.3, 0.4) is 0 Å². The molecular formula is C28H31NO5. The van der Waals surface area contributed by atoms with E-state index in [4.69, 9.17) is 18.9 Å². The van der Waals surface area contributed by atoms with Crippen molar-refractivity contribution in [3.8, 4) is 23.0 Å². The SMILES string of the molecule is COc1cc(C(=O)N2CCC(COc3ccccc3)CC2)cc(OC)c1OCc1ccccc1. The molecule has 1 heterocycles. The minimum atomic E-state index is -0.0337. The van der Waals surface area contributed by atoms with Crippen LogP contribution in [0.4, 0.5) is 0 Å². The Bertz CT molecular complexity index is 1040. The van der Waals surface area contributed by atoms with Gasteiger partial charge in [0.1, 0.15) is 12.4 Å². The van der Waals surface area contributed by atoms with Gasteiger partial charge in [-0.1, -0.05) is 48.5 Å². The molecular weight excluding hydrogens is 430 g/mol. The van der Waals surface area contributed by atoms with Crippen LogP contribution in [-0.2, 0) is 6.61 Å². The van der Waals surface area contributed by atoms with Gasteiger partial charge in [0.25, 0.3) is 5.91 Å². The summed E-state index contributed by atoms with van der Waals surface area (Å²) in [6, 6.07) is 23.2. The molecule has 0 N–H and O–H groups in total. The molecule has 1 aliphatic heterocycles. The number of likely N-dealkylation sites (tertiary alicyclic amines) is 1. The Balaban J connectivity index is 1.38. The second-order valence-corrected chi connectivity index (χ2v) is 8.34. The number of nitrogens with zero attached hydrogens (tertiary/aromatic N) is 1. The molecule has 3 aromatic carbocycles. The van der Waals surface area contributed by atoms with Crippen LogP contribution in [0.25, 0.3) is 0 Å². The fourth-order valence-electron chi connectivity index (χ4n) is 4.09. The summed E-state index contributed by atoms with van der Waals surface area (Å²) >= 11 is 0. The van der Waals surface area contributed by atoms with Crippen LogP contribution in [0.2, 0.25) is 0 Å². The van der Waals surface area contributed by atoms with Crippen molar-refractivity contribution >= 4 is 5.91 Å². The van der Waals surface area contributed by atoms with Gasteiger partial charge in [-0.05, 0) is 48.6 Å². The highest BCUT2D eigenvalue weighted by molar-refractivity contribution is 5.95. The van der Waals surface area contributed by atoms with Crippen molar-refractivity contribution in [3.63, 3.8) is 0 Å². The summed E-state index contributed by atoms with van der Waals surface area (Å²) in [7, 11) is 3.13. The van der Waals surface area contributed by atoms with Crippen LogP contribution >= 0.6 is 0 Å². The van der Waals surface area contributed by atoms with Crippen molar-refractivity contribution in [1.82, 2.24) is 4.90 Å². The summed E-state index contributed by atoms with van der Waals surface area (Å²) < 4.78 is 23.0. The fourth-order valence-corrected chi connectivity index (χ4v) is 4.09. The van der Waals surface area contributed by atoms with Gasteiger partial charge in [0.05, 0.1) is 20.8 Å². The van der Waals surface area contributed by atoms with Crippen molar-refractivity contribution in [2.45, 2.75) is 19.4 Å². The highest BCUT2D eigenvalue weighted by atomic mass is 16.5. The van der Waals surface area contributed by atoms with Crippen molar-refractivity contribution in [2.24, 2.45) is 5.92 Å². The van der Waals surface area contributed by atoms with Crippen LogP contribution in [0, 0.1) is 5.92 Å². The molecule has 3 aromatic rings. The zero-order chi connectivity index (χ0) is 23.8. The molecule has 0 spiro atoms. The molecule has 4 rings (SSSR count). The fraction of sp³-hybridized carbons (Fsp3) is 0.321. The maximum absolute atomic E-state index is 13.3. The Morgan fingerprint density at radius 3 is 2.03 bits per heavy atom. The van der Waals surface area contributed by atoms with Gasteiger partial charge in [-0.25, -0.2) is 0 Å². The number of para-hydroxylation sites is 1. The summed E-state index contributed by atoms with van der Waals surface area (Å²) in [5, 5.41) is 0. The second-order valence-electron chi connectivity index (χ2n) is 8.34. The lowest BCUT2D eigenvalue weighted by Gasteiger charge is -2.32. The largest absolute Gasteiger partial charge is 0.493 e. The van der Waals surface area contributed by atoms with Crippen LogP contribution in [-0.4, -0.2) is 44.7 Å². The number of rotatable bonds is 9. The molecule has 0 bridgehead atoms. The van der Waals surface area contributed by atoms with Gasteiger partial charge in [-0.2, -0.15) is 0 Å². The van der Waals surface area contributed by atoms with E-state index in [1.165, 1.54) is 0 Å². The van der Waals surface area contributed by atoms with E-state index in [-0.39, 0.29) is 5.91 Å². The molecule has 1 amide bonds. The van der Waals surface area contributed by atoms with Gasteiger partial charge in [0, 0.05) is 18.7 Å². The number of carbonyl (C=O) groups excluding carboxylic acids is 1. The van der Waals surface area contributed by atoms with Crippen LogP contribution in [0.5, 0.6) is 23.0 Å². The third-order valence-corrected chi connectivity index (χ3v) is 6.06. The van der Waals surface area contributed by atoms with E-state index in [2.05, 4.69) is 0 Å². The van der Waals surface area contributed by atoms with E-state index in [0.717, 1.165) is 24.2 Å². The van der Waals surface area contributed by atoms with Gasteiger partial charge in [-0.3, -0.25) is 4.79 Å². The summed E-state index contributed by atoms with van der Waals surface area (Å²) in [6.07, 6.45) is 1.82. The zero-order valence-corrected chi connectivity index (χ0v) is 19.7. The maximum atomic E-state index is 13.3. The van der Waals surface area contributed by atoms with Crippen molar-refractivity contribution in [1.29, 1.82) is 0 Å². The Morgan fingerprint density at radius 2 is 1.44 bits per heavy atom. The van der Waals surface area contributed by atoms with E-state index >= 15 is 0 Å². The number of amides is 1. The van der Waals surface area contributed by atoms with Gasteiger partial charge in [-0.15, -0.1) is 0 Å². The number of methoxy groups -OCH3 is 2. The third kappa shape index (κ3) is 5.81. The highest BCUT2D eigenvalue weighted by Crippen LogP contribution is 2.39. The third-order valence-electron chi connectivity index (χ3n) is 6.06. The van der Waals surface area contributed by atoms with Gasteiger partial charge in [0.15, 0.2) is 11.5 Å². The minimum absolute atomic E-state index is 0.0337. The van der Waals surface area contributed by atoms with E-state index in [0.29, 0.717) is 55.0 Å². The van der Waals surface area contributed by atoms with E-state index in [9.17, 15) is 4.79 Å². The Labute approximate surface area is 201 Å². The topological polar surface area (TPSA) is 57.2 Å². The summed E-state index contributed by atoms with van der Waals surface area (Å²) in [6.45, 7) is 2.43. The molecule has 0 aliphatic carbocycles. The van der Waals surface area contributed by atoms with Crippen molar-refractivity contribution in [3.05, 3.63) is 83.9 Å². The average Bonchev–Trinajstić information content (AvgIpc) is 2.91. The Morgan fingerprint density at radius 1 is 0.853 bits per heavy atom. The molecule has 6 heteroatoms. The minimum Gasteiger partial charge on any atom is -0.493 e. The predicted octanol–water partition coefficient (Wildman–Crippen LogP) is 5.21. The van der Waals surface area contributed by atoms with E-state index in [1.54, 1.807) is 26.4 Å². The molecule has 178 valence electrons. The lowest BCUT2D eigenvalue weighted by Crippen LogP contribution is -2.39. The number of ether oxygens (including phenoxy) is 4. The van der Waals surface area contributed by atoms with Gasteiger partial charge >= 0.3 is 0 Å². The summed E-state index contributed by atoms with van der Waals surface area (Å²) in [5.41, 5.74) is 1.56. The van der Waals surface area contributed by atoms with E-state index < -0.39 is 0 Å². The number of piperidine rings is 1. The number of hydrogen-bond donors (Lipinski definition) is 0. The van der Waals surface area contributed by atoms with Crippen LogP contribution in [0.15, 0.2) is 72.8 Å². The Kier molecular flexibility index (Phi) is 7.91. The van der Waals surface area contributed by atoms with Gasteiger partial charge < -0.3 is 23.8 Å².